The van der Waals surface area contributed by atoms with Gasteiger partial charge >= 0.3 is 12.1 Å². The van der Waals surface area contributed by atoms with Gasteiger partial charge in [-0.05, 0) is 47.4 Å². The van der Waals surface area contributed by atoms with Gasteiger partial charge in [0.25, 0.3) is 0 Å². The van der Waals surface area contributed by atoms with Crippen LogP contribution in [-0.4, -0.2) is 42.3 Å². The van der Waals surface area contributed by atoms with Crippen molar-refractivity contribution in [3.05, 3.63) is 59.7 Å². The zero-order valence-corrected chi connectivity index (χ0v) is 18.8. The summed E-state index contributed by atoms with van der Waals surface area (Å²) < 4.78 is 5.57. The summed E-state index contributed by atoms with van der Waals surface area (Å²) in [5, 5.41) is 14.5. The highest BCUT2D eigenvalue weighted by Gasteiger charge is 2.36. The Morgan fingerprint density at radius 1 is 1.03 bits per heavy atom. The van der Waals surface area contributed by atoms with Crippen LogP contribution in [0.5, 0.6) is 0 Å². The molecule has 3 N–H and O–H groups in total. The number of nitrogens with one attached hydrogen (secondary N) is 2. The molecular formula is C26H30N2O5. The Morgan fingerprint density at radius 3 is 2.24 bits per heavy atom. The first-order valence-corrected chi connectivity index (χ1v) is 11.5. The fraction of sp³-hybridized carbons (Fsp3) is 0.423. The van der Waals surface area contributed by atoms with E-state index in [0.29, 0.717) is 25.8 Å². The molecule has 0 saturated heterocycles. The van der Waals surface area contributed by atoms with Crippen LogP contribution in [0.2, 0.25) is 0 Å². The smallest absolute Gasteiger partial charge is 0.407 e. The van der Waals surface area contributed by atoms with Crippen LogP contribution in [0.15, 0.2) is 48.5 Å². The van der Waals surface area contributed by atoms with Crippen molar-refractivity contribution in [3.8, 4) is 11.1 Å². The van der Waals surface area contributed by atoms with Gasteiger partial charge in [0.1, 0.15) is 6.61 Å². The summed E-state index contributed by atoms with van der Waals surface area (Å²) in [6.45, 7) is 2.66. The van der Waals surface area contributed by atoms with Crippen molar-refractivity contribution in [2.45, 2.75) is 44.6 Å². The number of carbonyl (C=O) groups excluding carboxylic acids is 2. The second kappa shape index (κ2) is 10.1. The molecular weight excluding hydrogens is 420 g/mol. The minimum atomic E-state index is -0.825. The number of ether oxygens (including phenoxy) is 1. The molecule has 174 valence electrons. The Labute approximate surface area is 193 Å². The average molecular weight is 451 g/mol. The zero-order valence-electron chi connectivity index (χ0n) is 18.8. The summed E-state index contributed by atoms with van der Waals surface area (Å²) in [6.07, 6.45) is 1.35. The molecule has 33 heavy (non-hydrogen) atoms. The van der Waals surface area contributed by atoms with E-state index in [0.717, 1.165) is 0 Å². The van der Waals surface area contributed by atoms with Gasteiger partial charge in [0, 0.05) is 30.8 Å². The molecule has 0 bridgehead atoms. The predicted octanol–water partition coefficient (Wildman–Crippen LogP) is 3.92. The molecule has 0 heterocycles. The first-order chi connectivity index (χ1) is 15.9. The van der Waals surface area contributed by atoms with Crippen LogP contribution < -0.4 is 10.6 Å². The number of hydrogen-bond acceptors (Lipinski definition) is 4. The Balaban J connectivity index is 1.19. The Morgan fingerprint density at radius 2 is 1.64 bits per heavy atom. The third-order valence-corrected chi connectivity index (χ3v) is 6.65. The molecule has 1 saturated carbocycles. The predicted molar refractivity (Wildman–Crippen MR) is 124 cm³/mol. The molecule has 2 aliphatic carbocycles. The molecule has 2 aliphatic rings. The number of carboxylic acid groups (broad SMARTS) is 1. The highest BCUT2D eigenvalue weighted by molar-refractivity contribution is 5.80. The van der Waals surface area contributed by atoms with Crippen LogP contribution in [0, 0.1) is 11.8 Å². The van der Waals surface area contributed by atoms with E-state index in [-0.39, 0.29) is 42.7 Å². The van der Waals surface area contributed by atoms with Crippen molar-refractivity contribution in [1.29, 1.82) is 0 Å². The van der Waals surface area contributed by atoms with Crippen molar-refractivity contribution >= 4 is 18.0 Å². The Bertz CT molecular complexity index is 985. The second-order valence-corrected chi connectivity index (χ2v) is 9.12. The largest absolute Gasteiger partial charge is 0.481 e. The van der Waals surface area contributed by atoms with Gasteiger partial charge in [0.2, 0.25) is 5.91 Å². The normalized spacial score (nSPS) is 19.5. The maximum absolute atomic E-state index is 12.4. The van der Waals surface area contributed by atoms with Crippen LogP contribution >= 0.6 is 0 Å². The fourth-order valence-electron chi connectivity index (χ4n) is 4.65. The number of carboxylic acids is 1. The Hall–Kier alpha value is -3.35. The maximum atomic E-state index is 12.4. The SMILES string of the molecule is CC(CCC(=O)O)CNC(=O)C1CC(NC(=O)OCC2c3ccccc3-c3ccccc32)C1. The summed E-state index contributed by atoms with van der Waals surface area (Å²) in [5.74, 6) is -0.862. The number of amides is 2. The average Bonchev–Trinajstić information content (AvgIpc) is 3.10. The molecule has 2 amide bonds. The van der Waals surface area contributed by atoms with E-state index in [1.165, 1.54) is 22.3 Å². The van der Waals surface area contributed by atoms with Gasteiger partial charge in [-0.3, -0.25) is 9.59 Å². The summed E-state index contributed by atoms with van der Waals surface area (Å²) in [4.78, 5) is 35.3. The van der Waals surface area contributed by atoms with Crippen LogP contribution in [0.3, 0.4) is 0 Å². The first kappa shape index (κ1) is 22.8. The molecule has 0 aromatic heterocycles. The van der Waals surface area contributed by atoms with Gasteiger partial charge in [-0.1, -0.05) is 55.5 Å². The van der Waals surface area contributed by atoms with E-state index in [9.17, 15) is 14.4 Å². The second-order valence-electron chi connectivity index (χ2n) is 9.12. The van der Waals surface area contributed by atoms with Gasteiger partial charge in [-0.2, -0.15) is 0 Å². The lowest BCUT2D eigenvalue weighted by molar-refractivity contribution is -0.137. The zero-order chi connectivity index (χ0) is 23.4. The molecule has 2 aromatic rings. The number of hydrogen-bond donors (Lipinski definition) is 3. The number of rotatable bonds is 9. The van der Waals surface area contributed by atoms with Crippen LogP contribution in [0.25, 0.3) is 11.1 Å². The molecule has 1 fully saturated rings. The van der Waals surface area contributed by atoms with E-state index in [2.05, 4.69) is 34.9 Å². The fourth-order valence-corrected chi connectivity index (χ4v) is 4.65. The highest BCUT2D eigenvalue weighted by atomic mass is 16.5. The summed E-state index contributed by atoms with van der Waals surface area (Å²) in [5.41, 5.74) is 4.72. The highest BCUT2D eigenvalue weighted by Crippen LogP contribution is 2.44. The molecule has 0 spiro atoms. The van der Waals surface area contributed by atoms with Crippen LogP contribution in [0.1, 0.15) is 49.7 Å². The molecule has 7 nitrogen and oxygen atoms in total. The number of aliphatic carboxylic acids is 1. The molecule has 1 atom stereocenters. The van der Waals surface area contributed by atoms with E-state index < -0.39 is 12.1 Å². The van der Waals surface area contributed by atoms with Crippen molar-refractivity contribution in [1.82, 2.24) is 10.6 Å². The van der Waals surface area contributed by atoms with Crippen LogP contribution in [-0.2, 0) is 14.3 Å². The minimum absolute atomic E-state index is 0.0196. The van der Waals surface area contributed by atoms with E-state index in [1.807, 2.05) is 31.2 Å². The van der Waals surface area contributed by atoms with Gasteiger partial charge in [-0.25, -0.2) is 4.79 Å². The topological polar surface area (TPSA) is 105 Å². The van der Waals surface area contributed by atoms with Crippen molar-refractivity contribution in [3.63, 3.8) is 0 Å². The summed E-state index contributed by atoms with van der Waals surface area (Å²) in [6, 6.07) is 16.3. The molecule has 0 radical (unpaired) electrons. The number of alkyl carbamates (subject to hydrolysis) is 1. The van der Waals surface area contributed by atoms with Crippen molar-refractivity contribution < 1.29 is 24.2 Å². The molecule has 0 aliphatic heterocycles. The first-order valence-electron chi connectivity index (χ1n) is 11.5. The molecule has 1 unspecified atom stereocenters. The van der Waals surface area contributed by atoms with E-state index in [4.69, 9.17) is 9.84 Å². The minimum Gasteiger partial charge on any atom is -0.481 e. The quantitative estimate of drug-likeness (QED) is 0.537. The lowest BCUT2D eigenvalue weighted by Gasteiger charge is -2.34. The number of benzene rings is 2. The lowest BCUT2D eigenvalue weighted by atomic mass is 9.79. The van der Waals surface area contributed by atoms with Gasteiger partial charge in [0.05, 0.1) is 0 Å². The molecule has 4 rings (SSSR count). The number of carbonyl (C=O) groups is 3. The third kappa shape index (κ3) is 5.35. The summed E-state index contributed by atoms with van der Waals surface area (Å²) >= 11 is 0. The monoisotopic (exact) mass is 450 g/mol. The van der Waals surface area contributed by atoms with Gasteiger partial charge < -0.3 is 20.5 Å². The van der Waals surface area contributed by atoms with Crippen LogP contribution in [0.4, 0.5) is 4.79 Å². The summed E-state index contributed by atoms with van der Waals surface area (Å²) in [7, 11) is 0. The van der Waals surface area contributed by atoms with E-state index >= 15 is 0 Å². The molecule has 7 heteroatoms. The van der Waals surface area contributed by atoms with E-state index in [1.54, 1.807) is 0 Å². The number of fused-ring (bicyclic) bond motifs is 3. The standard InChI is InChI=1S/C26H30N2O5/c1-16(10-11-24(29)30)14-27-25(31)17-12-18(13-17)28-26(32)33-15-23-21-8-4-2-6-19(21)20-7-3-5-9-22(20)23/h2-9,16-18,23H,10-15H2,1H3,(H,27,31)(H,28,32)(H,29,30). The van der Waals surface area contributed by atoms with Crippen molar-refractivity contribution in [2.24, 2.45) is 11.8 Å². The van der Waals surface area contributed by atoms with Gasteiger partial charge in [0.15, 0.2) is 0 Å². The van der Waals surface area contributed by atoms with Crippen molar-refractivity contribution in [2.75, 3.05) is 13.2 Å². The van der Waals surface area contributed by atoms with Gasteiger partial charge in [-0.15, -0.1) is 0 Å². The third-order valence-electron chi connectivity index (χ3n) is 6.65. The molecule has 2 aromatic carbocycles. The lowest BCUT2D eigenvalue weighted by Crippen LogP contribution is -2.50. The maximum Gasteiger partial charge on any atom is 0.407 e. The Kier molecular flexibility index (Phi) is 6.96.